The number of hydrogen-bond donors (Lipinski definition) is 1. The average Bonchev–Trinajstić information content (AvgIpc) is 2.45. The topological polar surface area (TPSA) is 71.3 Å². The standard InChI is InChI=1S/C14H22N4O2/c1-3-17(10-12-6-4-5-9-15-12)14-13(18(19)20)8-7-11(2)16-14/h7-8,12,15H,3-6,9-10H2,1-2H3. The largest absolute Gasteiger partial charge is 0.350 e. The van der Waals surface area contributed by atoms with Crippen LogP contribution in [0.3, 0.4) is 0 Å². The third-order valence-corrected chi connectivity index (χ3v) is 3.72. The number of nitro groups is 1. The van der Waals surface area contributed by atoms with E-state index in [-0.39, 0.29) is 10.6 Å². The molecule has 0 radical (unpaired) electrons. The highest BCUT2D eigenvalue weighted by Gasteiger charge is 2.23. The summed E-state index contributed by atoms with van der Waals surface area (Å²) in [5, 5.41) is 14.6. The molecule has 1 N–H and O–H groups in total. The molecule has 1 saturated heterocycles. The zero-order valence-electron chi connectivity index (χ0n) is 12.1. The van der Waals surface area contributed by atoms with Crippen LogP contribution in [-0.2, 0) is 0 Å². The van der Waals surface area contributed by atoms with Gasteiger partial charge in [-0.05, 0) is 39.3 Å². The minimum Gasteiger partial charge on any atom is -0.350 e. The first-order valence-corrected chi connectivity index (χ1v) is 7.22. The fourth-order valence-electron chi connectivity index (χ4n) is 2.62. The first-order valence-electron chi connectivity index (χ1n) is 7.22. The van der Waals surface area contributed by atoms with Gasteiger partial charge in [0.25, 0.3) is 0 Å². The molecule has 0 amide bonds. The molecule has 0 aliphatic carbocycles. The van der Waals surface area contributed by atoms with Gasteiger partial charge in [0.05, 0.1) is 4.92 Å². The summed E-state index contributed by atoms with van der Waals surface area (Å²) < 4.78 is 0. The van der Waals surface area contributed by atoms with E-state index in [2.05, 4.69) is 10.3 Å². The normalized spacial score (nSPS) is 18.8. The molecule has 0 spiro atoms. The number of aromatic nitrogens is 1. The first kappa shape index (κ1) is 14.7. The zero-order valence-corrected chi connectivity index (χ0v) is 12.1. The van der Waals surface area contributed by atoms with Gasteiger partial charge in [0, 0.05) is 30.9 Å². The average molecular weight is 278 g/mol. The molecular weight excluding hydrogens is 256 g/mol. The minimum atomic E-state index is -0.348. The van der Waals surface area contributed by atoms with Gasteiger partial charge in [0.2, 0.25) is 5.82 Å². The van der Waals surface area contributed by atoms with Crippen LogP contribution in [0.25, 0.3) is 0 Å². The number of nitrogens with zero attached hydrogens (tertiary/aromatic N) is 3. The fourth-order valence-corrected chi connectivity index (χ4v) is 2.62. The lowest BCUT2D eigenvalue weighted by Gasteiger charge is -2.30. The second-order valence-electron chi connectivity index (χ2n) is 5.24. The zero-order chi connectivity index (χ0) is 14.5. The third kappa shape index (κ3) is 3.45. The number of nitrogens with one attached hydrogen (secondary N) is 1. The molecule has 1 unspecified atom stereocenters. The maximum atomic E-state index is 11.2. The first-order chi connectivity index (χ1) is 9.61. The molecule has 1 aromatic heterocycles. The molecule has 6 heteroatoms. The lowest BCUT2D eigenvalue weighted by atomic mass is 10.0. The molecule has 1 atom stereocenters. The van der Waals surface area contributed by atoms with Crippen LogP contribution in [0.4, 0.5) is 11.5 Å². The van der Waals surface area contributed by atoms with Crippen LogP contribution < -0.4 is 10.2 Å². The Bertz CT molecular complexity index is 472. The molecule has 110 valence electrons. The van der Waals surface area contributed by atoms with Crippen molar-refractivity contribution in [3.63, 3.8) is 0 Å². The minimum absolute atomic E-state index is 0.0910. The highest BCUT2D eigenvalue weighted by Crippen LogP contribution is 2.26. The van der Waals surface area contributed by atoms with E-state index in [0.717, 1.165) is 31.7 Å². The highest BCUT2D eigenvalue weighted by atomic mass is 16.6. The molecule has 0 saturated carbocycles. The fraction of sp³-hybridized carbons (Fsp3) is 0.643. The van der Waals surface area contributed by atoms with Gasteiger partial charge in [-0.25, -0.2) is 4.98 Å². The quantitative estimate of drug-likeness (QED) is 0.661. The van der Waals surface area contributed by atoms with E-state index in [9.17, 15) is 10.1 Å². The van der Waals surface area contributed by atoms with Gasteiger partial charge in [-0.3, -0.25) is 10.1 Å². The van der Waals surface area contributed by atoms with Crippen LogP contribution in [0.2, 0.25) is 0 Å². The number of piperidine rings is 1. The number of aryl methyl sites for hydroxylation is 1. The number of pyridine rings is 1. The highest BCUT2D eigenvalue weighted by molar-refractivity contribution is 5.58. The second-order valence-corrected chi connectivity index (χ2v) is 5.24. The van der Waals surface area contributed by atoms with Crippen molar-refractivity contribution in [2.24, 2.45) is 0 Å². The summed E-state index contributed by atoms with van der Waals surface area (Å²) in [6, 6.07) is 3.63. The van der Waals surface area contributed by atoms with Gasteiger partial charge < -0.3 is 10.2 Å². The van der Waals surface area contributed by atoms with E-state index in [4.69, 9.17) is 0 Å². The predicted octanol–water partition coefficient (Wildman–Crippen LogP) is 2.27. The Morgan fingerprint density at radius 1 is 1.50 bits per heavy atom. The molecule has 0 bridgehead atoms. The summed E-state index contributed by atoms with van der Waals surface area (Å²) in [5.74, 6) is 0.491. The second kappa shape index (κ2) is 6.65. The SMILES string of the molecule is CCN(CC1CCCCN1)c1nc(C)ccc1[N+](=O)[O-]. The van der Waals surface area contributed by atoms with Gasteiger partial charge in [0.1, 0.15) is 0 Å². The van der Waals surface area contributed by atoms with Gasteiger partial charge in [-0.1, -0.05) is 6.42 Å². The van der Waals surface area contributed by atoms with Crippen LogP contribution in [0.15, 0.2) is 12.1 Å². The van der Waals surface area contributed by atoms with Crippen molar-refractivity contribution in [2.75, 3.05) is 24.5 Å². The molecule has 1 aliphatic rings. The number of likely N-dealkylation sites (N-methyl/N-ethyl adjacent to an activating group) is 1. The van der Waals surface area contributed by atoms with Crippen LogP contribution in [0.5, 0.6) is 0 Å². The van der Waals surface area contributed by atoms with Crippen molar-refractivity contribution in [3.05, 3.63) is 27.9 Å². The Morgan fingerprint density at radius 2 is 2.30 bits per heavy atom. The van der Waals surface area contributed by atoms with Crippen molar-refractivity contribution < 1.29 is 4.92 Å². The van der Waals surface area contributed by atoms with Crippen LogP contribution in [0.1, 0.15) is 31.9 Å². The summed E-state index contributed by atoms with van der Waals surface area (Å²) in [6.45, 7) is 6.39. The van der Waals surface area contributed by atoms with Crippen molar-refractivity contribution in [3.8, 4) is 0 Å². The van der Waals surface area contributed by atoms with E-state index in [1.165, 1.54) is 12.8 Å². The van der Waals surface area contributed by atoms with Gasteiger partial charge in [-0.2, -0.15) is 0 Å². The van der Waals surface area contributed by atoms with Crippen LogP contribution in [0, 0.1) is 17.0 Å². The Balaban J connectivity index is 2.21. The van der Waals surface area contributed by atoms with Gasteiger partial charge in [-0.15, -0.1) is 0 Å². The maximum Gasteiger partial charge on any atom is 0.311 e. The molecule has 6 nitrogen and oxygen atoms in total. The van der Waals surface area contributed by atoms with Crippen molar-refractivity contribution >= 4 is 11.5 Å². The smallest absolute Gasteiger partial charge is 0.311 e. The molecule has 1 aliphatic heterocycles. The number of hydrogen-bond acceptors (Lipinski definition) is 5. The Labute approximate surface area is 119 Å². The van der Waals surface area contributed by atoms with Crippen molar-refractivity contribution in [1.29, 1.82) is 0 Å². The Morgan fingerprint density at radius 3 is 2.90 bits per heavy atom. The van der Waals surface area contributed by atoms with Gasteiger partial charge in [0.15, 0.2) is 0 Å². The van der Waals surface area contributed by atoms with E-state index in [0.29, 0.717) is 11.9 Å². The Hall–Kier alpha value is -1.69. The lowest BCUT2D eigenvalue weighted by Crippen LogP contribution is -2.44. The number of rotatable bonds is 5. The van der Waals surface area contributed by atoms with E-state index in [1.54, 1.807) is 12.1 Å². The molecule has 1 fully saturated rings. The van der Waals surface area contributed by atoms with Crippen LogP contribution in [-0.4, -0.2) is 35.6 Å². The maximum absolute atomic E-state index is 11.2. The molecule has 2 rings (SSSR count). The van der Waals surface area contributed by atoms with Crippen molar-refractivity contribution in [1.82, 2.24) is 10.3 Å². The summed E-state index contributed by atoms with van der Waals surface area (Å²) in [7, 11) is 0. The van der Waals surface area contributed by atoms with Crippen LogP contribution >= 0.6 is 0 Å². The predicted molar refractivity (Wildman–Crippen MR) is 79.2 cm³/mol. The lowest BCUT2D eigenvalue weighted by molar-refractivity contribution is -0.384. The molecule has 2 heterocycles. The molecule has 1 aromatic rings. The summed E-state index contributed by atoms with van der Waals surface area (Å²) in [5.41, 5.74) is 0.897. The summed E-state index contributed by atoms with van der Waals surface area (Å²) >= 11 is 0. The molecule has 20 heavy (non-hydrogen) atoms. The van der Waals surface area contributed by atoms with E-state index < -0.39 is 0 Å². The molecular formula is C14H22N4O2. The van der Waals surface area contributed by atoms with E-state index in [1.807, 2.05) is 18.7 Å². The summed E-state index contributed by atoms with van der Waals surface area (Å²) in [4.78, 5) is 17.2. The van der Waals surface area contributed by atoms with E-state index >= 15 is 0 Å². The number of anilines is 1. The van der Waals surface area contributed by atoms with Crippen molar-refractivity contribution in [2.45, 2.75) is 39.2 Å². The summed E-state index contributed by atoms with van der Waals surface area (Å²) in [6.07, 6.45) is 3.56. The monoisotopic (exact) mass is 278 g/mol. The molecule has 0 aromatic carbocycles. The Kier molecular flexibility index (Phi) is 4.89. The third-order valence-electron chi connectivity index (χ3n) is 3.72. The van der Waals surface area contributed by atoms with Gasteiger partial charge >= 0.3 is 5.69 Å².